The Hall–Kier alpha value is -1.88. The zero-order valence-electron chi connectivity index (χ0n) is 10.6. The van der Waals surface area contributed by atoms with Gasteiger partial charge in [-0.25, -0.2) is 0 Å². The van der Waals surface area contributed by atoms with E-state index < -0.39 is 17.9 Å². The van der Waals surface area contributed by atoms with E-state index in [4.69, 9.17) is 0 Å². The summed E-state index contributed by atoms with van der Waals surface area (Å²) < 4.78 is 0. The number of nitrogens with one attached hydrogen (secondary N) is 1. The van der Waals surface area contributed by atoms with Crippen molar-refractivity contribution in [2.75, 3.05) is 0 Å². The fourth-order valence-electron chi connectivity index (χ4n) is 1.55. The highest BCUT2D eigenvalue weighted by molar-refractivity contribution is 5.96. The maximum absolute atomic E-state index is 11.8. The number of amides is 1. The normalized spacial score (nSPS) is 12.2. The molecule has 0 saturated carbocycles. The van der Waals surface area contributed by atoms with E-state index in [0.29, 0.717) is 12.1 Å². The van der Waals surface area contributed by atoms with E-state index in [1.165, 1.54) is 0 Å². The highest BCUT2D eigenvalue weighted by atomic mass is 16.4. The lowest BCUT2D eigenvalue weighted by molar-refractivity contribution is -0.386. The van der Waals surface area contributed by atoms with Gasteiger partial charge in [-0.2, -0.15) is 0 Å². The average Bonchev–Trinajstić information content (AvgIpc) is 2.35. The molecular weight excluding hydrogens is 232 g/mol. The number of rotatable bonds is 5. The van der Waals surface area contributed by atoms with Crippen LogP contribution in [0.5, 0.6) is 0 Å². The largest absolute Gasteiger partial charge is 0.548 e. The number of hydrogen-bond donors (Lipinski definition) is 2. The van der Waals surface area contributed by atoms with E-state index in [-0.39, 0.29) is 5.92 Å². The van der Waals surface area contributed by atoms with Crippen LogP contribution in [0.25, 0.3) is 0 Å². The molecule has 0 radical (unpaired) electrons. The van der Waals surface area contributed by atoms with E-state index in [9.17, 15) is 14.7 Å². The van der Waals surface area contributed by atoms with Crippen molar-refractivity contribution in [1.82, 2.24) is 5.32 Å². The van der Waals surface area contributed by atoms with Crippen molar-refractivity contribution < 1.29 is 20.4 Å². The Morgan fingerprint density at radius 3 is 2.22 bits per heavy atom. The number of hydrogen-bond acceptors (Lipinski definition) is 3. The van der Waals surface area contributed by atoms with E-state index >= 15 is 0 Å². The molecule has 0 aliphatic carbocycles. The lowest BCUT2D eigenvalue weighted by Gasteiger charge is -2.23. The summed E-state index contributed by atoms with van der Waals surface area (Å²) in [7, 11) is 0. The topological polar surface area (TPSA) is 96.9 Å². The van der Waals surface area contributed by atoms with Gasteiger partial charge in [-0.3, -0.25) is 4.79 Å². The molecule has 0 bridgehead atoms. The molecule has 5 nitrogen and oxygen atoms in total. The van der Waals surface area contributed by atoms with Gasteiger partial charge in [0, 0.05) is 11.1 Å². The average molecular weight is 250 g/mol. The Labute approximate surface area is 106 Å². The van der Waals surface area contributed by atoms with E-state index in [0.717, 1.165) is 5.56 Å². The van der Waals surface area contributed by atoms with Gasteiger partial charge in [0.15, 0.2) is 0 Å². The first-order valence-electron chi connectivity index (χ1n) is 5.85. The first-order chi connectivity index (χ1) is 8.45. The summed E-state index contributed by atoms with van der Waals surface area (Å²) in [6.45, 7) is 4.08. The molecule has 1 aromatic rings. The van der Waals surface area contributed by atoms with Gasteiger partial charge in [0.1, 0.15) is 0 Å². The van der Waals surface area contributed by atoms with Crippen LogP contribution >= 0.6 is 0 Å². The second kappa shape index (κ2) is 6.16. The van der Waals surface area contributed by atoms with Crippen LogP contribution in [0.4, 0.5) is 0 Å². The quantitative estimate of drug-likeness (QED) is 0.696. The minimum atomic E-state index is -1.27. The number of carbonyl (C=O) groups is 2. The third kappa shape index (κ3) is 3.56. The standard InChI is InChI=1S/C13H18N2O3/c1-8(2)11(13(17)18)15-12(16)10-5-3-9(7-14)4-6-10/h3-6,8,11H,7,14H2,1-2H3,(H,15,16)(H,17,18)/t11-/m0/s1. The number of quaternary nitrogens is 1. The number of carbonyl (C=O) groups excluding carboxylic acids is 2. The van der Waals surface area contributed by atoms with Gasteiger partial charge in [-0.05, 0) is 18.1 Å². The van der Waals surface area contributed by atoms with Crippen molar-refractivity contribution in [3.05, 3.63) is 35.4 Å². The molecule has 18 heavy (non-hydrogen) atoms. The molecule has 4 N–H and O–H groups in total. The number of carboxylic acid groups (broad SMARTS) is 1. The second-order valence-electron chi connectivity index (χ2n) is 4.46. The lowest BCUT2D eigenvalue weighted by atomic mass is 10.0. The van der Waals surface area contributed by atoms with Crippen LogP contribution in [0, 0.1) is 5.92 Å². The number of benzene rings is 1. The van der Waals surface area contributed by atoms with Gasteiger partial charge in [-0.15, -0.1) is 0 Å². The summed E-state index contributed by atoms with van der Waals surface area (Å²) in [5.41, 5.74) is 5.19. The van der Waals surface area contributed by atoms with Crippen molar-refractivity contribution >= 4 is 11.9 Å². The Kier molecular flexibility index (Phi) is 4.85. The minimum absolute atomic E-state index is 0.224. The zero-order chi connectivity index (χ0) is 13.7. The van der Waals surface area contributed by atoms with Crippen LogP contribution in [0.15, 0.2) is 24.3 Å². The van der Waals surface area contributed by atoms with Crippen LogP contribution in [-0.2, 0) is 11.3 Å². The molecule has 98 valence electrons. The summed E-state index contributed by atoms with van der Waals surface area (Å²) in [6.07, 6.45) is 0. The van der Waals surface area contributed by atoms with Gasteiger partial charge < -0.3 is 21.0 Å². The molecule has 0 aliphatic rings. The van der Waals surface area contributed by atoms with Crippen LogP contribution < -0.4 is 16.2 Å². The Bertz CT molecular complexity index is 426. The Balaban J connectivity index is 2.77. The molecule has 1 rings (SSSR count). The molecule has 1 amide bonds. The molecule has 1 aromatic carbocycles. The molecule has 0 fully saturated rings. The van der Waals surface area contributed by atoms with E-state index in [1.807, 2.05) is 0 Å². The summed E-state index contributed by atoms with van der Waals surface area (Å²) in [6, 6.07) is 5.92. The first kappa shape index (κ1) is 14.2. The van der Waals surface area contributed by atoms with Crippen molar-refractivity contribution in [3.8, 4) is 0 Å². The van der Waals surface area contributed by atoms with Gasteiger partial charge in [0.2, 0.25) is 0 Å². The molecule has 0 heterocycles. The van der Waals surface area contributed by atoms with Crippen molar-refractivity contribution in [1.29, 1.82) is 0 Å². The van der Waals surface area contributed by atoms with Gasteiger partial charge >= 0.3 is 0 Å². The van der Waals surface area contributed by atoms with E-state index in [2.05, 4.69) is 11.1 Å². The van der Waals surface area contributed by atoms with Gasteiger partial charge in [0.25, 0.3) is 5.91 Å². The third-order valence-electron chi connectivity index (χ3n) is 2.71. The van der Waals surface area contributed by atoms with Crippen molar-refractivity contribution in [2.45, 2.75) is 26.4 Å². The number of aliphatic carboxylic acids is 1. The smallest absolute Gasteiger partial charge is 0.251 e. The molecular formula is C13H18N2O3. The summed E-state index contributed by atoms with van der Waals surface area (Å²) >= 11 is 0. The molecule has 0 aromatic heterocycles. The maximum Gasteiger partial charge on any atom is 0.251 e. The molecule has 0 saturated heterocycles. The fraction of sp³-hybridized carbons (Fsp3) is 0.385. The molecule has 0 unspecified atom stereocenters. The SMILES string of the molecule is CC(C)[C@H](NC(=O)c1ccc(C[NH3+])cc1)C(=O)[O-]. The molecule has 1 atom stereocenters. The third-order valence-corrected chi connectivity index (χ3v) is 2.71. The van der Waals surface area contributed by atoms with Gasteiger partial charge in [0.05, 0.1) is 18.6 Å². The Morgan fingerprint density at radius 1 is 1.28 bits per heavy atom. The summed E-state index contributed by atoms with van der Waals surface area (Å²) in [5.74, 6) is -1.90. The van der Waals surface area contributed by atoms with Crippen molar-refractivity contribution in [3.63, 3.8) is 0 Å². The van der Waals surface area contributed by atoms with Crippen LogP contribution in [0.2, 0.25) is 0 Å². The fourth-order valence-corrected chi connectivity index (χ4v) is 1.55. The highest BCUT2D eigenvalue weighted by Crippen LogP contribution is 2.06. The molecule has 0 spiro atoms. The first-order valence-corrected chi connectivity index (χ1v) is 5.85. The predicted molar refractivity (Wildman–Crippen MR) is 64.1 cm³/mol. The van der Waals surface area contributed by atoms with Crippen molar-refractivity contribution in [2.24, 2.45) is 5.92 Å². The van der Waals surface area contributed by atoms with Crippen LogP contribution in [0.1, 0.15) is 29.8 Å². The second-order valence-corrected chi connectivity index (χ2v) is 4.46. The monoisotopic (exact) mass is 250 g/mol. The summed E-state index contributed by atoms with van der Waals surface area (Å²) in [4.78, 5) is 22.7. The Morgan fingerprint density at radius 2 is 1.83 bits per heavy atom. The number of carboxylic acids is 1. The van der Waals surface area contributed by atoms with Crippen LogP contribution in [-0.4, -0.2) is 17.9 Å². The lowest BCUT2D eigenvalue weighted by Crippen LogP contribution is -2.50. The van der Waals surface area contributed by atoms with Gasteiger partial charge in [-0.1, -0.05) is 26.0 Å². The predicted octanol–water partition coefficient (Wildman–Crippen LogP) is -1.07. The zero-order valence-corrected chi connectivity index (χ0v) is 10.6. The van der Waals surface area contributed by atoms with Crippen LogP contribution in [0.3, 0.4) is 0 Å². The molecule has 5 heteroatoms. The minimum Gasteiger partial charge on any atom is -0.548 e. The maximum atomic E-state index is 11.8. The summed E-state index contributed by atoms with van der Waals surface area (Å²) in [5, 5.41) is 13.3. The van der Waals surface area contributed by atoms with E-state index in [1.54, 1.807) is 38.1 Å². The highest BCUT2D eigenvalue weighted by Gasteiger charge is 2.18. The molecule has 0 aliphatic heterocycles.